The molecular formula is C14H19N3. The number of aryl methyl sites for hydroxylation is 1. The molecule has 2 N–H and O–H groups in total. The van der Waals surface area contributed by atoms with Crippen molar-refractivity contribution >= 4 is 11.0 Å². The minimum atomic E-state index is 0.717. The summed E-state index contributed by atoms with van der Waals surface area (Å²) in [7, 11) is 0. The average Bonchev–Trinajstić information content (AvgIpc) is 2.81. The Hall–Kier alpha value is -1.35. The van der Waals surface area contributed by atoms with Crippen molar-refractivity contribution in [3.05, 3.63) is 29.6 Å². The molecule has 1 aromatic heterocycles. The van der Waals surface area contributed by atoms with Crippen molar-refractivity contribution in [3.63, 3.8) is 0 Å². The lowest BCUT2D eigenvalue weighted by Crippen LogP contribution is -2.26. The summed E-state index contributed by atoms with van der Waals surface area (Å²) in [4.78, 5) is 7.95. The van der Waals surface area contributed by atoms with E-state index < -0.39 is 0 Å². The SMILES string of the molecule is CCc1nc2ccc(C3CCNCC3)cc2[nH]1. The Morgan fingerprint density at radius 3 is 2.88 bits per heavy atom. The molecule has 0 bridgehead atoms. The van der Waals surface area contributed by atoms with E-state index in [9.17, 15) is 0 Å². The van der Waals surface area contributed by atoms with Gasteiger partial charge in [0.05, 0.1) is 11.0 Å². The van der Waals surface area contributed by atoms with Crippen LogP contribution in [0, 0.1) is 0 Å². The summed E-state index contributed by atoms with van der Waals surface area (Å²) in [6.45, 7) is 4.42. The van der Waals surface area contributed by atoms with Gasteiger partial charge in [0.1, 0.15) is 5.82 Å². The van der Waals surface area contributed by atoms with Gasteiger partial charge >= 0.3 is 0 Å². The van der Waals surface area contributed by atoms with Crippen LogP contribution in [-0.2, 0) is 6.42 Å². The number of imidazole rings is 1. The van der Waals surface area contributed by atoms with Crippen LogP contribution in [0.2, 0.25) is 0 Å². The van der Waals surface area contributed by atoms with Gasteiger partial charge in [0.2, 0.25) is 0 Å². The van der Waals surface area contributed by atoms with Gasteiger partial charge in [-0.1, -0.05) is 13.0 Å². The summed E-state index contributed by atoms with van der Waals surface area (Å²) in [5.41, 5.74) is 3.75. The van der Waals surface area contributed by atoms with Gasteiger partial charge in [-0.3, -0.25) is 0 Å². The van der Waals surface area contributed by atoms with Crippen LogP contribution in [0.1, 0.15) is 37.1 Å². The van der Waals surface area contributed by atoms with Crippen molar-refractivity contribution in [2.45, 2.75) is 32.1 Å². The average molecular weight is 229 g/mol. The topological polar surface area (TPSA) is 40.7 Å². The lowest BCUT2D eigenvalue weighted by atomic mass is 9.90. The number of fused-ring (bicyclic) bond motifs is 1. The van der Waals surface area contributed by atoms with E-state index in [0.29, 0.717) is 5.92 Å². The molecule has 1 fully saturated rings. The van der Waals surface area contributed by atoms with E-state index in [-0.39, 0.29) is 0 Å². The minimum Gasteiger partial charge on any atom is -0.342 e. The van der Waals surface area contributed by atoms with Gasteiger partial charge in [0.25, 0.3) is 0 Å². The van der Waals surface area contributed by atoms with E-state index in [2.05, 4.69) is 40.4 Å². The molecule has 1 aliphatic heterocycles. The van der Waals surface area contributed by atoms with Gasteiger partial charge < -0.3 is 10.3 Å². The minimum absolute atomic E-state index is 0.717. The van der Waals surface area contributed by atoms with Crippen molar-refractivity contribution in [2.24, 2.45) is 0 Å². The van der Waals surface area contributed by atoms with Gasteiger partial charge in [-0.15, -0.1) is 0 Å². The molecule has 3 nitrogen and oxygen atoms in total. The number of H-pyrrole nitrogens is 1. The number of hydrogen-bond acceptors (Lipinski definition) is 2. The van der Waals surface area contributed by atoms with Crippen molar-refractivity contribution in [3.8, 4) is 0 Å². The second-order valence-corrected chi connectivity index (χ2v) is 4.84. The predicted molar refractivity (Wildman–Crippen MR) is 70.3 cm³/mol. The summed E-state index contributed by atoms with van der Waals surface area (Å²) in [6, 6.07) is 6.69. The fraction of sp³-hybridized carbons (Fsp3) is 0.500. The van der Waals surface area contributed by atoms with Gasteiger partial charge in [0, 0.05) is 6.42 Å². The number of nitrogens with zero attached hydrogens (tertiary/aromatic N) is 1. The Balaban J connectivity index is 1.94. The van der Waals surface area contributed by atoms with Gasteiger partial charge in [0.15, 0.2) is 0 Å². The van der Waals surface area contributed by atoms with E-state index in [4.69, 9.17) is 0 Å². The molecule has 1 saturated heterocycles. The zero-order valence-corrected chi connectivity index (χ0v) is 10.3. The van der Waals surface area contributed by atoms with Crippen molar-refractivity contribution < 1.29 is 0 Å². The Bertz CT molecular complexity index is 509. The summed E-state index contributed by atoms with van der Waals surface area (Å²) < 4.78 is 0. The van der Waals surface area contributed by atoms with Crippen LogP contribution in [0.25, 0.3) is 11.0 Å². The third-order valence-corrected chi connectivity index (χ3v) is 3.70. The predicted octanol–water partition coefficient (Wildman–Crippen LogP) is 2.59. The van der Waals surface area contributed by atoms with Crippen LogP contribution in [0.4, 0.5) is 0 Å². The lowest BCUT2D eigenvalue weighted by molar-refractivity contribution is 0.460. The second kappa shape index (κ2) is 4.49. The molecule has 0 unspecified atom stereocenters. The fourth-order valence-electron chi connectivity index (χ4n) is 2.66. The van der Waals surface area contributed by atoms with Crippen LogP contribution in [0.15, 0.2) is 18.2 Å². The lowest BCUT2D eigenvalue weighted by Gasteiger charge is -2.22. The molecule has 2 aromatic rings. The quantitative estimate of drug-likeness (QED) is 0.831. The summed E-state index contributed by atoms with van der Waals surface area (Å²) in [6.07, 6.45) is 3.47. The highest BCUT2D eigenvalue weighted by Crippen LogP contribution is 2.27. The largest absolute Gasteiger partial charge is 0.342 e. The van der Waals surface area contributed by atoms with E-state index >= 15 is 0 Å². The first-order chi connectivity index (χ1) is 8.36. The molecule has 0 radical (unpaired) electrons. The van der Waals surface area contributed by atoms with Crippen LogP contribution in [-0.4, -0.2) is 23.1 Å². The van der Waals surface area contributed by atoms with Crippen LogP contribution in [0.3, 0.4) is 0 Å². The Labute approximate surface area is 102 Å². The first kappa shape index (κ1) is 10.8. The third-order valence-electron chi connectivity index (χ3n) is 3.70. The van der Waals surface area contributed by atoms with Crippen LogP contribution in [0.5, 0.6) is 0 Å². The smallest absolute Gasteiger partial charge is 0.106 e. The van der Waals surface area contributed by atoms with Gasteiger partial charge in [-0.05, 0) is 49.5 Å². The Morgan fingerprint density at radius 1 is 1.29 bits per heavy atom. The second-order valence-electron chi connectivity index (χ2n) is 4.84. The van der Waals surface area contributed by atoms with Crippen LogP contribution < -0.4 is 5.32 Å². The monoisotopic (exact) mass is 229 g/mol. The van der Waals surface area contributed by atoms with E-state index in [1.165, 1.54) is 23.9 Å². The molecular weight excluding hydrogens is 210 g/mol. The molecule has 17 heavy (non-hydrogen) atoms. The molecule has 0 aliphatic carbocycles. The van der Waals surface area contributed by atoms with E-state index in [0.717, 1.165) is 30.9 Å². The number of benzene rings is 1. The Kier molecular flexibility index (Phi) is 2.85. The standard InChI is InChI=1S/C14H19N3/c1-2-14-16-12-4-3-11(9-13(12)17-14)10-5-7-15-8-6-10/h3-4,9-10,15H,2,5-8H2,1H3,(H,16,17). The summed E-state index contributed by atoms with van der Waals surface area (Å²) >= 11 is 0. The van der Waals surface area contributed by atoms with E-state index in [1.54, 1.807) is 0 Å². The van der Waals surface area contributed by atoms with Crippen molar-refractivity contribution in [1.82, 2.24) is 15.3 Å². The number of rotatable bonds is 2. The van der Waals surface area contributed by atoms with E-state index in [1.807, 2.05) is 0 Å². The zero-order valence-electron chi connectivity index (χ0n) is 10.3. The molecule has 3 heteroatoms. The highest BCUT2D eigenvalue weighted by molar-refractivity contribution is 5.76. The maximum absolute atomic E-state index is 4.55. The molecule has 0 saturated carbocycles. The molecule has 90 valence electrons. The first-order valence-electron chi connectivity index (χ1n) is 6.56. The normalized spacial score (nSPS) is 17.7. The highest BCUT2D eigenvalue weighted by atomic mass is 14.9. The fourth-order valence-corrected chi connectivity index (χ4v) is 2.66. The van der Waals surface area contributed by atoms with Gasteiger partial charge in [-0.2, -0.15) is 0 Å². The molecule has 0 amide bonds. The number of aromatic nitrogens is 2. The molecule has 1 aromatic carbocycles. The molecule has 0 spiro atoms. The third kappa shape index (κ3) is 2.07. The summed E-state index contributed by atoms with van der Waals surface area (Å²) in [5.74, 6) is 1.80. The summed E-state index contributed by atoms with van der Waals surface area (Å²) in [5, 5.41) is 3.41. The first-order valence-corrected chi connectivity index (χ1v) is 6.56. The zero-order chi connectivity index (χ0) is 11.7. The number of aromatic amines is 1. The Morgan fingerprint density at radius 2 is 2.12 bits per heavy atom. The maximum atomic E-state index is 4.55. The molecule has 1 aliphatic rings. The maximum Gasteiger partial charge on any atom is 0.106 e. The highest BCUT2D eigenvalue weighted by Gasteiger charge is 2.15. The van der Waals surface area contributed by atoms with Crippen LogP contribution >= 0.6 is 0 Å². The number of nitrogens with one attached hydrogen (secondary N) is 2. The number of piperidine rings is 1. The molecule has 2 heterocycles. The molecule has 0 atom stereocenters. The molecule has 3 rings (SSSR count). The van der Waals surface area contributed by atoms with Crippen molar-refractivity contribution in [1.29, 1.82) is 0 Å². The van der Waals surface area contributed by atoms with Crippen molar-refractivity contribution in [2.75, 3.05) is 13.1 Å². The van der Waals surface area contributed by atoms with Gasteiger partial charge in [-0.25, -0.2) is 4.98 Å². The number of hydrogen-bond donors (Lipinski definition) is 2.